The predicted octanol–water partition coefficient (Wildman–Crippen LogP) is 3.26. The second kappa shape index (κ2) is 8.65. The number of hydrogen-bond donors (Lipinski definition) is 1. The minimum atomic E-state index is -3.63. The highest BCUT2D eigenvalue weighted by Gasteiger charge is 2.21. The van der Waals surface area contributed by atoms with Crippen molar-refractivity contribution in [2.45, 2.75) is 43.5 Å². The van der Waals surface area contributed by atoms with E-state index in [1.54, 1.807) is 48.5 Å². The molecule has 6 nitrogen and oxygen atoms in total. The number of carbonyl (C=O) groups is 1. The van der Waals surface area contributed by atoms with Gasteiger partial charge in [0, 0.05) is 13.1 Å². The summed E-state index contributed by atoms with van der Waals surface area (Å²) >= 11 is 0. The van der Waals surface area contributed by atoms with Gasteiger partial charge >= 0.3 is 0 Å². The Kier molecular flexibility index (Phi) is 6.24. The van der Waals surface area contributed by atoms with Crippen LogP contribution in [0.15, 0.2) is 53.4 Å². The largest absolute Gasteiger partial charge is 0.484 e. The third-order valence-electron chi connectivity index (χ3n) is 4.97. The maximum atomic E-state index is 12.8. The summed E-state index contributed by atoms with van der Waals surface area (Å²) in [6, 6.07) is 13.7. The van der Waals surface area contributed by atoms with Crippen molar-refractivity contribution in [2.24, 2.45) is 0 Å². The number of benzene rings is 2. The fraction of sp³-hybridized carbons (Fsp3) is 0.381. The number of carbonyl (C=O) groups excluding carboxylic acids is 1. The second-order valence-electron chi connectivity index (χ2n) is 7.12. The molecular formula is C21H26N2O4S. The van der Waals surface area contributed by atoms with E-state index in [0.717, 1.165) is 31.2 Å². The number of rotatable bonds is 7. The molecule has 1 aliphatic carbocycles. The number of aryl methyl sites for hydroxylation is 1. The fourth-order valence-electron chi connectivity index (χ4n) is 3.25. The van der Waals surface area contributed by atoms with Gasteiger partial charge in [-0.15, -0.1) is 0 Å². The first-order valence-corrected chi connectivity index (χ1v) is 10.9. The Hall–Kier alpha value is -2.54. The Morgan fingerprint density at radius 3 is 2.29 bits per heavy atom. The maximum Gasteiger partial charge on any atom is 0.264 e. The molecule has 3 rings (SSSR count). The van der Waals surface area contributed by atoms with Crippen LogP contribution in [0.25, 0.3) is 0 Å². The summed E-state index contributed by atoms with van der Waals surface area (Å²) in [5.74, 6) is 0.390. The minimum absolute atomic E-state index is 0.0483. The van der Waals surface area contributed by atoms with Crippen molar-refractivity contribution < 1.29 is 17.9 Å². The van der Waals surface area contributed by atoms with E-state index in [2.05, 4.69) is 5.32 Å². The van der Waals surface area contributed by atoms with Gasteiger partial charge in [0.2, 0.25) is 0 Å². The number of ether oxygens (including phenoxy) is 1. The van der Waals surface area contributed by atoms with Crippen LogP contribution in [0.1, 0.15) is 31.2 Å². The monoisotopic (exact) mass is 402 g/mol. The second-order valence-corrected chi connectivity index (χ2v) is 9.09. The molecular weight excluding hydrogens is 376 g/mol. The molecule has 28 heavy (non-hydrogen) atoms. The summed E-state index contributed by atoms with van der Waals surface area (Å²) in [5, 5.41) is 2.97. The molecule has 0 atom stereocenters. The first kappa shape index (κ1) is 20.2. The number of amides is 1. The van der Waals surface area contributed by atoms with Crippen LogP contribution in [0.3, 0.4) is 0 Å². The van der Waals surface area contributed by atoms with Crippen molar-refractivity contribution >= 4 is 21.6 Å². The maximum absolute atomic E-state index is 12.8. The molecule has 150 valence electrons. The normalized spacial score (nSPS) is 14.6. The average Bonchev–Trinajstić information content (AvgIpc) is 3.19. The lowest BCUT2D eigenvalue weighted by Crippen LogP contribution is -2.36. The zero-order valence-corrected chi connectivity index (χ0v) is 17.0. The van der Waals surface area contributed by atoms with E-state index < -0.39 is 10.0 Å². The van der Waals surface area contributed by atoms with E-state index in [9.17, 15) is 13.2 Å². The van der Waals surface area contributed by atoms with Gasteiger partial charge in [0.15, 0.2) is 6.61 Å². The van der Waals surface area contributed by atoms with Gasteiger partial charge in [-0.05, 0) is 56.2 Å². The van der Waals surface area contributed by atoms with E-state index in [4.69, 9.17) is 4.74 Å². The molecule has 0 aliphatic heterocycles. The molecule has 0 bridgehead atoms. The van der Waals surface area contributed by atoms with Gasteiger partial charge < -0.3 is 10.1 Å². The molecule has 0 heterocycles. The molecule has 1 N–H and O–H groups in total. The number of nitrogens with one attached hydrogen (secondary N) is 1. The van der Waals surface area contributed by atoms with Gasteiger partial charge in [-0.25, -0.2) is 8.42 Å². The van der Waals surface area contributed by atoms with Crippen LogP contribution in [0.4, 0.5) is 5.69 Å². The number of anilines is 1. The van der Waals surface area contributed by atoms with Crippen LogP contribution < -0.4 is 14.4 Å². The molecule has 7 heteroatoms. The summed E-state index contributed by atoms with van der Waals surface area (Å²) < 4.78 is 32.2. The molecule has 0 unspecified atom stereocenters. The Morgan fingerprint density at radius 1 is 1.07 bits per heavy atom. The van der Waals surface area contributed by atoms with Gasteiger partial charge in [-0.3, -0.25) is 9.10 Å². The lowest BCUT2D eigenvalue weighted by Gasteiger charge is -2.20. The van der Waals surface area contributed by atoms with Crippen molar-refractivity contribution in [1.29, 1.82) is 0 Å². The Labute approximate surface area is 166 Å². The smallest absolute Gasteiger partial charge is 0.264 e. The van der Waals surface area contributed by atoms with Gasteiger partial charge in [0.1, 0.15) is 5.75 Å². The molecule has 1 fully saturated rings. The fourth-order valence-corrected chi connectivity index (χ4v) is 4.44. The van der Waals surface area contributed by atoms with E-state index >= 15 is 0 Å². The molecule has 2 aromatic carbocycles. The first-order chi connectivity index (χ1) is 13.4. The summed E-state index contributed by atoms with van der Waals surface area (Å²) in [6.45, 7) is 1.86. The van der Waals surface area contributed by atoms with E-state index in [1.165, 1.54) is 11.4 Å². The van der Waals surface area contributed by atoms with Gasteiger partial charge in [-0.2, -0.15) is 0 Å². The average molecular weight is 403 g/mol. The molecule has 1 aliphatic rings. The van der Waals surface area contributed by atoms with Gasteiger partial charge in [-0.1, -0.05) is 30.5 Å². The van der Waals surface area contributed by atoms with Crippen LogP contribution in [0.2, 0.25) is 0 Å². The van der Waals surface area contributed by atoms with Crippen LogP contribution in [0, 0.1) is 6.92 Å². The molecule has 2 aromatic rings. The van der Waals surface area contributed by atoms with Crippen molar-refractivity contribution in [3.8, 4) is 5.75 Å². The summed E-state index contributed by atoms with van der Waals surface area (Å²) in [4.78, 5) is 12.2. The quantitative estimate of drug-likeness (QED) is 0.771. The van der Waals surface area contributed by atoms with E-state index in [1.807, 2.05) is 6.92 Å². The topological polar surface area (TPSA) is 75.7 Å². The summed E-state index contributed by atoms with van der Waals surface area (Å²) in [6.07, 6.45) is 4.38. The van der Waals surface area contributed by atoms with Crippen LogP contribution >= 0.6 is 0 Å². The lowest BCUT2D eigenvalue weighted by atomic mass is 10.2. The zero-order valence-electron chi connectivity index (χ0n) is 16.2. The Morgan fingerprint density at radius 2 is 1.68 bits per heavy atom. The zero-order chi connectivity index (χ0) is 20.1. The lowest BCUT2D eigenvalue weighted by molar-refractivity contribution is -0.123. The molecule has 0 aromatic heterocycles. The molecule has 1 amide bonds. The molecule has 0 saturated heterocycles. The van der Waals surface area contributed by atoms with Crippen molar-refractivity contribution in [2.75, 3.05) is 18.0 Å². The highest BCUT2D eigenvalue weighted by molar-refractivity contribution is 7.92. The number of hydrogen-bond acceptors (Lipinski definition) is 4. The van der Waals surface area contributed by atoms with Crippen molar-refractivity contribution in [1.82, 2.24) is 5.32 Å². The molecule has 0 spiro atoms. The summed E-state index contributed by atoms with van der Waals surface area (Å²) in [7, 11) is -2.12. The Bertz CT molecular complexity index is 902. The van der Waals surface area contributed by atoms with Gasteiger partial charge in [0.05, 0.1) is 10.6 Å². The van der Waals surface area contributed by atoms with E-state index in [0.29, 0.717) is 11.4 Å². The third-order valence-corrected chi connectivity index (χ3v) is 6.77. The minimum Gasteiger partial charge on any atom is -0.484 e. The van der Waals surface area contributed by atoms with E-state index in [-0.39, 0.29) is 23.5 Å². The summed E-state index contributed by atoms with van der Waals surface area (Å²) in [5.41, 5.74) is 1.52. The number of sulfonamides is 1. The highest BCUT2D eigenvalue weighted by Crippen LogP contribution is 2.24. The SMILES string of the molecule is Cc1ccc(S(=O)(=O)N(C)c2ccc(OCC(=O)NC3CCCC3)cc2)cc1. The number of nitrogens with zero attached hydrogens (tertiary/aromatic N) is 1. The van der Waals surface area contributed by atoms with Crippen molar-refractivity contribution in [3.05, 3.63) is 54.1 Å². The van der Waals surface area contributed by atoms with Crippen LogP contribution in [0.5, 0.6) is 5.75 Å². The first-order valence-electron chi connectivity index (χ1n) is 9.44. The standard InChI is InChI=1S/C21H26N2O4S/c1-16-7-13-20(14-8-16)28(25,26)23(2)18-9-11-19(12-10-18)27-15-21(24)22-17-5-3-4-6-17/h7-14,17H,3-6,15H2,1-2H3,(H,22,24). The molecule has 1 saturated carbocycles. The Balaban J connectivity index is 1.60. The van der Waals surface area contributed by atoms with Crippen LogP contribution in [-0.2, 0) is 14.8 Å². The molecule has 0 radical (unpaired) electrons. The van der Waals surface area contributed by atoms with Crippen molar-refractivity contribution in [3.63, 3.8) is 0 Å². The van der Waals surface area contributed by atoms with Crippen LogP contribution in [-0.4, -0.2) is 34.0 Å². The highest BCUT2D eigenvalue weighted by atomic mass is 32.2. The third kappa shape index (κ3) is 4.84. The van der Waals surface area contributed by atoms with Gasteiger partial charge in [0.25, 0.3) is 15.9 Å². The predicted molar refractivity (Wildman–Crippen MR) is 109 cm³/mol.